The van der Waals surface area contributed by atoms with Crippen molar-refractivity contribution in [3.63, 3.8) is 0 Å². The average Bonchev–Trinajstić information content (AvgIpc) is 2.01. The van der Waals surface area contributed by atoms with E-state index in [-0.39, 0.29) is 0 Å². The van der Waals surface area contributed by atoms with Gasteiger partial charge in [-0.1, -0.05) is 6.92 Å². The molecule has 1 aromatic rings. The molecule has 0 aliphatic rings. The van der Waals surface area contributed by atoms with Crippen molar-refractivity contribution in [2.45, 2.75) is 13.3 Å². The molecule has 0 fully saturated rings. The molecule has 1 rings (SSSR count). The molecule has 11 heavy (non-hydrogen) atoms. The zero-order chi connectivity index (χ0) is 8.10. The van der Waals surface area contributed by atoms with Crippen LogP contribution in [0.4, 0.5) is 5.82 Å². The number of nitrogens with zero attached hydrogens (tertiary/aromatic N) is 2. The average molecular weight is 216 g/mol. The summed E-state index contributed by atoms with van der Waals surface area (Å²) in [7, 11) is 0. The largest absolute Gasteiger partial charge is 0.370 e. The van der Waals surface area contributed by atoms with E-state index in [2.05, 4.69) is 38.1 Å². The number of halogens is 1. The van der Waals surface area contributed by atoms with E-state index >= 15 is 0 Å². The predicted molar refractivity (Wildman–Crippen MR) is 48.5 cm³/mol. The van der Waals surface area contributed by atoms with Crippen LogP contribution in [0.2, 0.25) is 0 Å². The summed E-state index contributed by atoms with van der Waals surface area (Å²) in [6.07, 6.45) is 2.63. The highest BCUT2D eigenvalue weighted by atomic mass is 79.9. The van der Waals surface area contributed by atoms with E-state index in [1.165, 1.54) is 6.33 Å². The minimum Gasteiger partial charge on any atom is -0.370 e. The van der Waals surface area contributed by atoms with Gasteiger partial charge in [0.1, 0.15) is 16.7 Å². The fourth-order valence-electron chi connectivity index (χ4n) is 0.683. The highest BCUT2D eigenvalue weighted by molar-refractivity contribution is 9.10. The molecule has 0 unspecified atom stereocenters. The zero-order valence-electron chi connectivity index (χ0n) is 6.34. The molecule has 0 atom stereocenters. The summed E-state index contributed by atoms with van der Waals surface area (Å²) in [6, 6.07) is 1.86. The van der Waals surface area contributed by atoms with Gasteiger partial charge in [0.2, 0.25) is 0 Å². The third-order valence-electron chi connectivity index (χ3n) is 1.19. The molecular weight excluding hydrogens is 206 g/mol. The molecule has 0 saturated carbocycles. The van der Waals surface area contributed by atoms with Crippen molar-refractivity contribution in [2.75, 3.05) is 11.9 Å². The van der Waals surface area contributed by atoms with Crippen LogP contribution in [-0.4, -0.2) is 16.5 Å². The van der Waals surface area contributed by atoms with Gasteiger partial charge in [-0.3, -0.25) is 0 Å². The second kappa shape index (κ2) is 4.28. The number of hydrogen-bond donors (Lipinski definition) is 1. The summed E-state index contributed by atoms with van der Waals surface area (Å²) in [6.45, 7) is 3.06. The lowest BCUT2D eigenvalue weighted by Gasteiger charge is -2.01. The molecule has 0 bridgehead atoms. The number of hydrogen-bond acceptors (Lipinski definition) is 3. The molecule has 0 aromatic carbocycles. The lowest BCUT2D eigenvalue weighted by atomic mass is 10.5. The van der Waals surface area contributed by atoms with Gasteiger partial charge in [-0.15, -0.1) is 0 Å². The summed E-state index contributed by atoms with van der Waals surface area (Å²) in [4.78, 5) is 7.94. The Morgan fingerprint density at radius 3 is 3.00 bits per heavy atom. The van der Waals surface area contributed by atoms with Crippen LogP contribution in [0.25, 0.3) is 0 Å². The van der Waals surface area contributed by atoms with Crippen LogP contribution >= 0.6 is 15.9 Å². The molecule has 3 nitrogen and oxygen atoms in total. The number of nitrogens with one attached hydrogen (secondary N) is 1. The Kier molecular flexibility index (Phi) is 3.29. The van der Waals surface area contributed by atoms with Crippen LogP contribution in [0, 0.1) is 0 Å². The van der Waals surface area contributed by atoms with Gasteiger partial charge in [0, 0.05) is 12.6 Å². The minimum absolute atomic E-state index is 0.811. The van der Waals surface area contributed by atoms with Crippen molar-refractivity contribution in [3.8, 4) is 0 Å². The smallest absolute Gasteiger partial charge is 0.130 e. The van der Waals surface area contributed by atoms with E-state index in [0.29, 0.717) is 0 Å². The summed E-state index contributed by atoms with van der Waals surface area (Å²) in [5.74, 6) is 0.869. The SMILES string of the molecule is CCCNc1cc(Br)ncn1. The molecule has 0 amide bonds. The minimum atomic E-state index is 0.811. The normalized spacial score (nSPS) is 9.64. The zero-order valence-corrected chi connectivity index (χ0v) is 7.93. The van der Waals surface area contributed by atoms with Gasteiger partial charge in [0.15, 0.2) is 0 Å². The maximum atomic E-state index is 4.02. The molecule has 60 valence electrons. The first kappa shape index (κ1) is 8.46. The Labute approximate surface area is 74.4 Å². The third-order valence-corrected chi connectivity index (χ3v) is 1.62. The molecule has 4 heteroatoms. The van der Waals surface area contributed by atoms with Crippen molar-refractivity contribution >= 4 is 21.7 Å². The molecule has 0 spiro atoms. The van der Waals surface area contributed by atoms with E-state index < -0.39 is 0 Å². The first-order chi connectivity index (χ1) is 5.33. The van der Waals surface area contributed by atoms with Crippen molar-refractivity contribution < 1.29 is 0 Å². The standard InChI is InChI=1S/C7H10BrN3/c1-2-3-9-7-4-6(8)10-5-11-7/h4-5H,2-3H2,1H3,(H,9,10,11). The van der Waals surface area contributed by atoms with Gasteiger partial charge < -0.3 is 5.32 Å². The summed E-state index contributed by atoms with van der Waals surface area (Å²) < 4.78 is 0.811. The van der Waals surface area contributed by atoms with Crippen LogP contribution in [0.1, 0.15) is 13.3 Å². The predicted octanol–water partition coefficient (Wildman–Crippen LogP) is 2.06. The van der Waals surface area contributed by atoms with E-state index in [9.17, 15) is 0 Å². The number of rotatable bonds is 3. The summed E-state index contributed by atoms with van der Waals surface area (Å²) in [5, 5.41) is 3.15. The topological polar surface area (TPSA) is 37.8 Å². The lowest BCUT2D eigenvalue weighted by Crippen LogP contribution is -2.01. The molecule has 1 heterocycles. The molecule has 1 N–H and O–H groups in total. The van der Waals surface area contributed by atoms with Crippen LogP contribution in [0.15, 0.2) is 17.0 Å². The van der Waals surface area contributed by atoms with Gasteiger partial charge >= 0.3 is 0 Å². The Morgan fingerprint density at radius 1 is 1.55 bits per heavy atom. The van der Waals surface area contributed by atoms with Gasteiger partial charge in [0.05, 0.1) is 0 Å². The van der Waals surface area contributed by atoms with Gasteiger partial charge in [0.25, 0.3) is 0 Å². The molecular formula is C7H10BrN3. The van der Waals surface area contributed by atoms with Crippen molar-refractivity contribution in [1.29, 1.82) is 0 Å². The van der Waals surface area contributed by atoms with Gasteiger partial charge in [-0.05, 0) is 22.4 Å². The summed E-state index contributed by atoms with van der Waals surface area (Å²) in [5.41, 5.74) is 0. The maximum Gasteiger partial charge on any atom is 0.130 e. The van der Waals surface area contributed by atoms with Gasteiger partial charge in [-0.25, -0.2) is 9.97 Å². The molecule has 0 radical (unpaired) electrons. The number of aromatic nitrogens is 2. The lowest BCUT2D eigenvalue weighted by molar-refractivity contribution is 0.963. The quantitative estimate of drug-likeness (QED) is 0.786. The fraction of sp³-hybridized carbons (Fsp3) is 0.429. The van der Waals surface area contributed by atoms with Crippen molar-refractivity contribution in [3.05, 3.63) is 17.0 Å². The van der Waals surface area contributed by atoms with E-state index in [1.54, 1.807) is 0 Å². The Balaban J connectivity index is 2.56. The first-order valence-corrected chi connectivity index (χ1v) is 4.33. The monoisotopic (exact) mass is 215 g/mol. The number of anilines is 1. The van der Waals surface area contributed by atoms with Crippen molar-refractivity contribution in [1.82, 2.24) is 9.97 Å². The second-order valence-electron chi connectivity index (χ2n) is 2.15. The van der Waals surface area contributed by atoms with Crippen LogP contribution in [0.3, 0.4) is 0 Å². The molecule has 0 aliphatic carbocycles. The molecule has 0 aliphatic heterocycles. The van der Waals surface area contributed by atoms with Crippen LogP contribution < -0.4 is 5.32 Å². The van der Waals surface area contributed by atoms with E-state index in [4.69, 9.17) is 0 Å². The maximum absolute atomic E-state index is 4.02. The summed E-state index contributed by atoms with van der Waals surface area (Å²) >= 11 is 3.26. The van der Waals surface area contributed by atoms with E-state index in [0.717, 1.165) is 23.4 Å². The molecule has 0 saturated heterocycles. The second-order valence-corrected chi connectivity index (χ2v) is 2.97. The Hall–Kier alpha value is -0.640. The van der Waals surface area contributed by atoms with Crippen LogP contribution in [-0.2, 0) is 0 Å². The molecule has 1 aromatic heterocycles. The van der Waals surface area contributed by atoms with Crippen LogP contribution in [0.5, 0.6) is 0 Å². The van der Waals surface area contributed by atoms with E-state index in [1.807, 2.05) is 6.07 Å². The first-order valence-electron chi connectivity index (χ1n) is 3.54. The van der Waals surface area contributed by atoms with Crippen molar-refractivity contribution in [2.24, 2.45) is 0 Å². The third kappa shape index (κ3) is 2.84. The highest BCUT2D eigenvalue weighted by Crippen LogP contribution is 2.08. The highest BCUT2D eigenvalue weighted by Gasteiger charge is 1.92. The fourth-order valence-corrected chi connectivity index (χ4v) is 0.992. The Morgan fingerprint density at radius 2 is 2.36 bits per heavy atom. The Bertz CT molecular complexity index is 227. The van der Waals surface area contributed by atoms with Gasteiger partial charge in [-0.2, -0.15) is 0 Å².